The first-order chi connectivity index (χ1) is 5.24. The van der Waals surface area contributed by atoms with Crippen LogP contribution in [0.4, 0.5) is 0 Å². The Morgan fingerprint density at radius 2 is 2.55 bits per heavy atom. The minimum atomic E-state index is 0.445. The van der Waals surface area contributed by atoms with Crippen LogP contribution in [0, 0.1) is 18.3 Å². The van der Waals surface area contributed by atoms with Crippen LogP contribution in [-0.4, -0.2) is 9.78 Å². The van der Waals surface area contributed by atoms with E-state index in [9.17, 15) is 0 Å². The molecule has 0 aliphatic rings. The number of nitrogens with zero attached hydrogens (tertiary/aromatic N) is 3. The molecule has 1 aromatic rings. The molecule has 0 fully saturated rings. The van der Waals surface area contributed by atoms with Gasteiger partial charge >= 0.3 is 0 Å². The van der Waals surface area contributed by atoms with Crippen LogP contribution in [0.15, 0.2) is 6.07 Å². The Bertz CT molecular complexity index is 284. The Kier molecular flexibility index (Phi) is 2.50. The average molecular weight is 170 g/mol. The molecule has 0 aromatic carbocycles. The molecule has 0 aliphatic carbocycles. The lowest BCUT2D eigenvalue weighted by Gasteiger charge is -1.96. The molecule has 0 saturated carbocycles. The van der Waals surface area contributed by atoms with E-state index in [1.54, 1.807) is 10.7 Å². The van der Waals surface area contributed by atoms with Gasteiger partial charge in [-0.1, -0.05) is 11.6 Å². The standard InChI is InChI=1S/C7H8ClN3/c1-6-5-7(8)11(10-6)4-2-3-9/h5H,2,4H2,1H3. The van der Waals surface area contributed by atoms with Gasteiger partial charge in [0.15, 0.2) is 0 Å². The summed E-state index contributed by atoms with van der Waals surface area (Å²) in [6, 6.07) is 3.81. The second-order valence-electron chi connectivity index (χ2n) is 2.24. The normalized spacial score (nSPS) is 9.55. The second kappa shape index (κ2) is 3.40. The maximum absolute atomic E-state index is 8.29. The molecule has 0 radical (unpaired) electrons. The lowest BCUT2D eigenvalue weighted by molar-refractivity contribution is 0.623. The zero-order valence-corrected chi connectivity index (χ0v) is 6.97. The predicted molar refractivity (Wildman–Crippen MR) is 42.2 cm³/mol. The first-order valence-corrected chi connectivity index (χ1v) is 3.68. The molecule has 0 saturated heterocycles. The van der Waals surface area contributed by atoms with Crippen molar-refractivity contribution in [2.24, 2.45) is 0 Å². The highest BCUT2D eigenvalue weighted by molar-refractivity contribution is 6.29. The van der Waals surface area contributed by atoms with Crippen molar-refractivity contribution in [3.05, 3.63) is 16.9 Å². The molecular formula is C7H8ClN3. The summed E-state index contributed by atoms with van der Waals surface area (Å²) in [6.07, 6.45) is 0.445. The summed E-state index contributed by atoms with van der Waals surface area (Å²) in [4.78, 5) is 0. The Hall–Kier alpha value is -1.01. The van der Waals surface area contributed by atoms with Crippen LogP contribution in [0.1, 0.15) is 12.1 Å². The van der Waals surface area contributed by atoms with E-state index in [1.165, 1.54) is 0 Å². The summed E-state index contributed by atoms with van der Waals surface area (Å²) in [5.41, 5.74) is 0.882. The summed E-state index contributed by atoms with van der Waals surface area (Å²) >= 11 is 5.77. The SMILES string of the molecule is Cc1cc(Cl)n(CCC#N)n1. The van der Waals surface area contributed by atoms with E-state index in [4.69, 9.17) is 16.9 Å². The summed E-state index contributed by atoms with van der Waals surface area (Å²) in [5.74, 6) is 0. The minimum Gasteiger partial charge on any atom is -0.253 e. The molecule has 1 rings (SSSR count). The van der Waals surface area contributed by atoms with E-state index in [0.29, 0.717) is 18.1 Å². The van der Waals surface area contributed by atoms with Crippen LogP contribution >= 0.6 is 11.6 Å². The number of hydrogen-bond acceptors (Lipinski definition) is 2. The van der Waals surface area contributed by atoms with E-state index in [1.807, 2.05) is 13.0 Å². The third kappa shape index (κ3) is 1.95. The molecule has 0 unspecified atom stereocenters. The maximum atomic E-state index is 8.29. The van der Waals surface area contributed by atoms with Crippen molar-refractivity contribution in [3.63, 3.8) is 0 Å². The van der Waals surface area contributed by atoms with Crippen molar-refractivity contribution in [1.82, 2.24) is 9.78 Å². The van der Waals surface area contributed by atoms with Crippen molar-refractivity contribution in [1.29, 1.82) is 5.26 Å². The van der Waals surface area contributed by atoms with Gasteiger partial charge < -0.3 is 0 Å². The summed E-state index contributed by atoms with van der Waals surface area (Å²) in [7, 11) is 0. The highest BCUT2D eigenvalue weighted by Gasteiger charge is 2.00. The molecule has 0 bridgehead atoms. The number of nitriles is 1. The molecule has 11 heavy (non-hydrogen) atoms. The van der Waals surface area contributed by atoms with E-state index >= 15 is 0 Å². The van der Waals surface area contributed by atoms with Gasteiger partial charge in [-0.3, -0.25) is 4.68 Å². The average Bonchev–Trinajstić information content (AvgIpc) is 2.26. The van der Waals surface area contributed by atoms with Gasteiger partial charge in [0.2, 0.25) is 0 Å². The number of rotatable bonds is 2. The molecule has 3 nitrogen and oxygen atoms in total. The van der Waals surface area contributed by atoms with Crippen LogP contribution in [0.25, 0.3) is 0 Å². The number of aromatic nitrogens is 2. The Labute approximate surface area is 70.2 Å². The van der Waals surface area contributed by atoms with E-state index in [0.717, 1.165) is 5.69 Å². The third-order valence-corrected chi connectivity index (χ3v) is 1.59. The van der Waals surface area contributed by atoms with Crippen molar-refractivity contribution in [2.45, 2.75) is 19.9 Å². The highest BCUT2D eigenvalue weighted by Crippen LogP contribution is 2.09. The van der Waals surface area contributed by atoms with Gasteiger partial charge in [0.05, 0.1) is 24.7 Å². The van der Waals surface area contributed by atoms with Gasteiger partial charge in [-0.2, -0.15) is 10.4 Å². The van der Waals surface area contributed by atoms with Gasteiger partial charge in [-0.05, 0) is 13.0 Å². The van der Waals surface area contributed by atoms with Crippen molar-refractivity contribution < 1.29 is 0 Å². The lowest BCUT2D eigenvalue weighted by Crippen LogP contribution is -1.99. The second-order valence-corrected chi connectivity index (χ2v) is 2.63. The predicted octanol–water partition coefficient (Wildman–Crippen LogP) is 1.76. The van der Waals surface area contributed by atoms with E-state index in [2.05, 4.69) is 5.10 Å². The quantitative estimate of drug-likeness (QED) is 0.677. The molecule has 0 atom stereocenters. The van der Waals surface area contributed by atoms with Crippen LogP contribution in [0.3, 0.4) is 0 Å². The number of halogens is 1. The fourth-order valence-electron chi connectivity index (χ4n) is 0.827. The summed E-state index contributed by atoms with van der Waals surface area (Å²) in [6.45, 7) is 2.44. The maximum Gasteiger partial charge on any atom is 0.127 e. The van der Waals surface area contributed by atoms with Crippen LogP contribution < -0.4 is 0 Å². The molecule has 0 aliphatic heterocycles. The Morgan fingerprint density at radius 1 is 1.82 bits per heavy atom. The Balaban J connectivity index is 2.71. The first-order valence-electron chi connectivity index (χ1n) is 3.31. The molecule has 0 N–H and O–H groups in total. The zero-order valence-electron chi connectivity index (χ0n) is 6.21. The largest absolute Gasteiger partial charge is 0.253 e. The van der Waals surface area contributed by atoms with E-state index < -0.39 is 0 Å². The summed E-state index contributed by atoms with van der Waals surface area (Å²) in [5, 5.41) is 13.0. The number of aryl methyl sites for hydroxylation is 2. The topological polar surface area (TPSA) is 41.6 Å². The Morgan fingerprint density at radius 3 is 3.00 bits per heavy atom. The van der Waals surface area contributed by atoms with Gasteiger partial charge in [0.1, 0.15) is 5.15 Å². The fraction of sp³-hybridized carbons (Fsp3) is 0.429. The summed E-state index contributed by atoms with van der Waals surface area (Å²) < 4.78 is 1.63. The monoisotopic (exact) mass is 169 g/mol. The highest BCUT2D eigenvalue weighted by atomic mass is 35.5. The first kappa shape index (κ1) is 8.09. The molecule has 58 valence electrons. The smallest absolute Gasteiger partial charge is 0.127 e. The van der Waals surface area contributed by atoms with Gasteiger partial charge in [0, 0.05) is 0 Å². The van der Waals surface area contributed by atoms with Gasteiger partial charge in [0.25, 0.3) is 0 Å². The van der Waals surface area contributed by atoms with Crippen molar-refractivity contribution in [2.75, 3.05) is 0 Å². The zero-order chi connectivity index (χ0) is 8.27. The third-order valence-electron chi connectivity index (χ3n) is 1.29. The lowest BCUT2D eigenvalue weighted by atomic mass is 10.5. The molecule has 0 amide bonds. The van der Waals surface area contributed by atoms with Crippen LogP contribution in [0.2, 0.25) is 5.15 Å². The molecular weight excluding hydrogens is 162 g/mol. The molecule has 0 spiro atoms. The van der Waals surface area contributed by atoms with Crippen LogP contribution in [-0.2, 0) is 6.54 Å². The number of hydrogen-bond donors (Lipinski definition) is 0. The minimum absolute atomic E-state index is 0.445. The molecule has 1 aromatic heterocycles. The van der Waals surface area contributed by atoms with Gasteiger partial charge in [-0.25, -0.2) is 0 Å². The van der Waals surface area contributed by atoms with Crippen molar-refractivity contribution >= 4 is 11.6 Å². The van der Waals surface area contributed by atoms with Crippen molar-refractivity contribution in [3.8, 4) is 6.07 Å². The van der Waals surface area contributed by atoms with Gasteiger partial charge in [-0.15, -0.1) is 0 Å². The molecule has 1 heterocycles. The molecule has 4 heteroatoms. The van der Waals surface area contributed by atoms with Crippen LogP contribution in [0.5, 0.6) is 0 Å². The van der Waals surface area contributed by atoms with E-state index in [-0.39, 0.29) is 0 Å². The fourth-order valence-corrected chi connectivity index (χ4v) is 1.11.